The van der Waals surface area contributed by atoms with E-state index in [4.69, 9.17) is 4.74 Å². The standard InChI is InChI=1S/C19H23F2N3O2/c1-13-5-6-16(19(25)15(10-22)11-24(3)4)23-8-7-14(2)17(9-13)26-12-18(20)21/h6-7,9,11,18,23H,1,5,8,12H2,2-4H3/b14-7-,15-11+,16-6-,17-9+. The molecule has 0 saturated carbocycles. The van der Waals surface area contributed by atoms with Gasteiger partial charge in [-0.25, -0.2) is 8.78 Å². The summed E-state index contributed by atoms with van der Waals surface area (Å²) in [6, 6.07) is 1.90. The fraction of sp³-hybridized carbons (Fsp3) is 0.368. The van der Waals surface area contributed by atoms with Crippen LogP contribution in [0, 0.1) is 11.3 Å². The molecule has 0 fully saturated rings. The molecule has 0 bridgehead atoms. The summed E-state index contributed by atoms with van der Waals surface area (Å²) in [4.78, 5) is 14.2. The van der Waals surface area contributed by atoms with E-state index in [1.54, 1.807) is 44.1 Å². The van der Waals surface area contributed by atoms with Gasteiger partial charge in [-0.15, -0.1) is 0 Å². The van der Waals surface area contributed by atoms with Crippen LogP contribution in [-0.4, -0.2) is 44.4 Å². The zero-order valence-corrected chi connectivity index (χ0v) is 15.2. The molecule has 0 unspecified atom stereocenters. The van der Waals surface area contributed by atoms with E-state index >= 15 is 0 Å². The van der Waals surface area contributed by atoms with Gasteiger partial charge in [0.25, 0.3) is 6.43 Å². The zero-order valence-electron chi connectivity index (χ0n) is 15.2. The van der Waals surface area contributed by atoms with E-state index in [1.165, 1.54) is 6.20 Å². The first-order valence-corrected chi connectivity index (χ1v) is 7.99. The van der Waals surface area contributed by atoms with Crippen LogP contribution in [0.3, 0.4) is 0 Å². The lowest BCUT2D eigenvalue weighted by molar-refractivity contribution is -0.112. The molecule has 0 aromatic rings. The second-order valence-corrected chi connectivity index (χ2v) is 5.91. The van der Waals surface area contributed by atoms with Crippen molar-refractivity contribution in [3.8, 4) is 6.07 Å². The summed E-state index contributed by atoms with van der Waals surface area (Å²) in [5.74, 6) is -0.0933. The van der Waals surface area contributed by atoms with Crippen LogP contribution in [-0.2, 0) is 9.53 Å². The second-order valence-electron chi connectivity index (χ2n) is 5.91. The molecule has 0 spiro atoms. The molecule has 0 saturated heterocycles. The quantitative estimate of drug-likeness (QED) is 0.580. The van der Waals surface area contributed by atoms with Gasteiger partial charge in [-0.3, -0.25) is 4.79 Å². The number of nitrogens with one attached hydrogen (secondary N) is 1. The Balaban J connectivity index is 3.06. The van der Waals surface area contributed by atoms with E-state index in [1.807, 2.05) is 6.07 Å². The minimum absolute atomic E-state index is 0.00798. The van der Waals surface area contributed by atoms with Crippen molar-refractivity contribution in [1.82, 2.24) is 10.2 Å². The predicted octanol–water partition coefficient (Wildman–Crippen LogP) is 3.07. The Morgan fingerprint density at radius 1 is 1.50 bits per heavy atom. The smallest absolute Gasteiger partial charge is 0.272 e. The first-order valence-electron chi connectivity index (χ1n) is 7.99. The van der Waals surface area contributed by atoms with Gasteiger partial charge in [0.05, 0.1) is 5.70 Å². The highest BCUT2D eigenvalue weighted by Gasteiger charge is 2.16. The molecule has 0 aliphatic carbocycles. The van der Waals surface area contributed by atoms with Gasteiger partial charge in [0, 0.05) is 26.8 Å². The molecule has 0 radical (unpaired) electrons. The number of ketones is 1. The lowest BCUT2D eigenvalue weighted by Gasteiger charge is -2.15. The summed E-state index contributed by atoms with van der Waals surface area (Å²) < 4.78 is 29.9. The molecule has 1 heterocycles. The van der Waals surface area contributed by atoms with Gasteiger partial charge in [-0.1, -0.05) is 18.7 Å². The zero-order chi connectivity index (χ0) is 19.7. The Morgan fingerprint density at radius 3 is 2.77 bits per heavy atom. The lowest BCUT2D eigenvalue weighted by atomic mass is 10.0. The van der Waals surface area contributed by atoms with E-state index in [0.717, 1.165) is 0 Å². The number of alkyl halides is 2. The number of hydrogen-bond acceptors (Lipinski definition) is 5. The maximum atomic E-state index is 12.5. The Kier molecular flexibility index (Phi) is 8.29. The van der Waals surface area contributed by atoms with Gasteiger partial charge < -0.3 is 15.0 Å². The first-order chi connectivity index (χ1) is 12.2. The summed E-state index contributed by atoms with van der Waals surface area (Å²) in [5.41, 5.74) is 1.53. The normalized spacial score (nSPS) is 22.0. The van der Waals surface area contributed by atoms with Crippen molar-refractivity contribution in [2.24, 2.45) is 0 Å². The van der Waals surface area contributed by atoms with Crippen molar-refractivity contribution in [1.29, 1.82) is 5.26 Å². The third-order valence-electron chi connectivity index (χ3n) is 3.35. The number of carbonyl (C=O) groups is 1. The third kappa shape index (κ3) is 6.93. The molecule has 0 aromatic carbocycles. The number of halogens is 2. The molecule has 26 heavy (non-hydrogen) atoms. The minimum Gasteiger partial charge on any atom is -0.487 e. The van der Waals surface area contributed by atoms with Crippen molar-refractivity contribution >= 4 is 5.78 Å². The molecule has 1 aliphatic heterocycles. The number of nitrogens with zero attached hydrogens (tertiary/aromatic N) is 2. The molecule has 0 amide bonds. The summed E-state index contributed by atoms with van der Waals surface area (Å²) in [7, 11) is 3.44. The van der Waals surface area contributed by atoms with Crippen molar-refractivity contribution in [2.75, 3.05) is 27.2 Å². The Morgan fingerprint density at radius 2 is 2.19 bits per heavy atom. The van der Waals surface area contributed by atoms with Gasteiger partial charge in [-0.2, -0.15) is 5.26 Å². The van der Waals surface area contributed by atoms with Crippen LogP contribution in [0.2, 0.25) is 0 Å². The maximum absolute atomic E-state index is 12.5. The fourth-order valence-corrected chi connectivity index (χ4v) is 2.10. The second kappa shape index (κ2) is 10.2. The van der Waals surface area contributed by atoms with Crippen LogP contribution >= 0.6 is 0 Å². The van der Waals surface area contributed by atoms with Crippen LogP contribution in [0.15, 0.2) is 59.2 Å². The number of Topliss-reactive ketones (excluding diaryl/α,β-unsaturated/α-hetero) is 1. The number of allylic oxidation sites excluding steroid dienone is 5. The average Bonchev–Trinajstić information content (AvgIpc) is 2.57. The summed E-state index contributed by atoms with van der Waals surface area (Å²) in [6.45, 7) is 5.18. The summed E-state index contributed by atoms with van der Waals surface area (Å²) in [6.07, 6.45) is 4.13. The average molecular weight is 363 g/mol. The highest BCUT2D eigenvalue weighted by molar-refractivity contribution is 6.10. The van der Waals surface area contributed by atoms with Crippen LogP contribution in [0.25, 0.3) is 0 Å². The molecule has 1 rings (SSSR count). The molecule has 1 aliphatic rings. The van der Waals surface area contributed by atoms with Crippen molar-refractivity contribution in [2.45, 2.75) is 19.8 Å². The molecule has 0 aromatic heterocycles. The molecule has 0 atom stereocenters. The molecule has 5 nitrogen and oxygen atoms in total. The Bertz CT molecular complexity index is 711. The van der Waals surface area contributed by atoms with Gasteiger partial charge in [-0.05, 0) is 30.6 Å². The van der Waals surface area contributed by atoms with Crippen molar-refractivity contribution in [3.05, 3.63) is 59.2 Å². The molecule has 7 heteroatoms. The number of rotatable bonds is 6. The van der Waals surface area contributed by atoms with Crippen molar-refractivity contribution in [3.63, 3.8) is 0 Å². The van der Waals surface area contributed by atoms with Crippen LogP contribution in [0.4, 0.5) is 8.78 Å². The number of hydrogen-bond donors (Lipinski definition) is 1. The minimum atomic E-state index is -2.57. The highest BCUT2D eigenvalue weighted by Crippen LogP contribution is 2.18. The number of nitriles is 1. The maximum Gasteiger partial charge on any atom is 0.272 e. The van der Waals surface area contributed by atoms with E-state index in [0.29, 0.717) is 23.3 Å². The van der Waals surface area contributed by atoms with E-state index in [-0.39, 0.29) is 17.8 Å². The van der Waals surface area contributed by atoms with Gasteiger partial charge in [0.15, 0.2) is 0 Å². The number of ether oxygens (including phenoxy) is 1. The van der Waals surface area contributed by atoms with Crippen LogP contribution in [0.5, 0.6) is 0 Å². The first kappa shape index (κ1) is 21.2. The lowest BCUT2D eigenvalue weighted by Crippen LogP contribution is -2.23. The Labute approximate surface area is 152 Å². The topological polar surface area (TPSA) is 65.4 Å². The van der Waals surface area contributed by atoms with Gasteiger partial charge in [0.1, 0.15) is 24.0 Å². The summed E-state index contributed by atoms with van der Waals surface area (Å²) >= 11 is 0. The highest BCUT2D eigenvalue weighted by atomic mass is 19.3. The largest absolute Gasteiger partial charge is 0.487 e. The predicted molar refractivity (Wildman–Crippen MR) is 96.0 cm³/mol. The summed E-state index contributed by atoms with van der Waals surface area (Å²) in [5, 5.41) is 12.2. The monoisotopic (exact) mass is 363 g/mol. The third-order valence-corrected chi connectivity index (χ3v) is 3.35. The molecule has 1 N–H and O–H groups in total. The van der Waals surface area contributed by atoms with E-state index < -0.39 is 18.8 Å². The van der Waals surface area contributed by atoms with Crippen LogP contribution < -0.4 is 5.32 Å². The molecule has 140 valence electrons. The number of carbonyl (C=O) groups excluding carboxylic acids is 1. The SMILES string of the molecule is C=C1/C=C(OCC(F)F)\C(C)=C/CN/C(C(=O)/C(C#N)=C/N(C)C)=C\C1. The Hall–Kier alpha value is -2.88. The van der Waals surface area contributed by atoms with E-state index in [2.05, 4.69) is 11.9 Å². The van der Waals surface area contributed by atoms with Gasteiger partial charge >= 0.3 is 0 Å². The van der Waals surface area contributed by atoms with E-state index in [9.17, 15) is 18.8 Å². The van der Waals surface area contributed by atoms with Gasteiger partial charge in [0.2, 0.25) is 5.78 Å². The molecular weight excluding hydrogens is 340 g/mol. The molecular formula is C19H23F2N3O2. The van der Waals surface area contributed by atoms with Crippen molar-refractivity contribution < 1.29 is 18.3 Å². The van der Waals surface area contributed by atoms with Crippen LogP contribution in [0.1, 0.15) is 13.3 Å². The fourth-order valence-electron chi connectivity index (χ4n) is 2.10.